The molecule has 2 N–H and O–H groups in total. The number of nitrogens with one attached hydrogen (secondary N) is 2. The summed E-state index contributed by atoms with van der Waals surface area (Å²) in [4.78, 5) is 34.7. The van der Waals surface area contributed by atoms with Gasteiger partial charge < -0.3 is 15.4 Å². The van der Waals surface area contributed by atoms with Crippen LogP contribution in [0.1, 0.15) is 49.9 Å². The van der Waals surface area contributed by atoms with Crippen molar-refractivity contribution in [3.8, 4) is 0 Å². The van der Waals surface area contributed by atoms with Gasteiger partial charge in [-0.2, -0.15) is 0 Å². The summed E-state index contributed by atoms with van der Waals surface area (Å²) in [6, 6.07) is 6.51. The highest BCUT2D eigenvalue weighted by molar-refractivity contribution is 5.93. The van der Waals surface area contributed by atoms with Gasteiger partial charge in [-0.1, -0.05) is 6.92 Å². The molecule has 1 aromatic rings. The molecule has 0 atom stereocenters. The fraction of sp³-hybridized carbons (Fsp3) is 0.500. The number of carbonyl (C=O) groups is 3. The molecule has 0 heterocycles. The molecule has 1 aromatic carbocycles. The van der Waals surface area contributed by atoms with Crippen molar-refractivity contribution >= 4 is 23.5 Å². The van der Waals surface area contributed by atoms with E-state index in [1.54, 1.807) is 24.3 Å². The fourth-order valence-corrected chi connectivity index (χ4v) is 2.78. The van der Waals surface area contributed by atoms with Crippen molar-refractivity contribution in [2.75, 3.05) is 11.9 Å². The zero-order valence-corrected chi connectivity index (χ0v) is 14.1. The van der Waals surface area contributed by atoms with Crippen LogP contribution in [0.4, 0.5) is 5.69 Å². The quantitative estimate of drug-likeness (QED) is 0.811. The number of amides is 2. The van der Waals surface area contributed by atoms with E-state index in [0.29, 0.717) is 11.3 Å². The Bertz CT molecular complexity index is 590. The van der Waals surface area contributed by atoms with Crippen molar-refractivity contribution in [1.82, 2.24) is 5.32 Å². The van der Waals surface area contributed by atoms with E-state index in [2.05, 4.69) is 17.6 Å². The molecular weight excluding hydrogens is 308 g/mol. The highest BCUT2D eigenvalue weighted by atomic mass is 16.5. The number of anilines is 1. The Morgan fingerprint density at radius 2 is 1.71 bits per heavy atom. The van der Waals surface area contributed by atoms with E-state index in [-0.39, 0.29) is 24.5 Å². The van der Waals surface area contributed by atoms with Crippen LogP contribution in [-0.2, 0) is 14.3 Å². The summed E-state index contributed by atoms with van der Waals surface area (Å²) in [5, 5.41) is 5.53. The Hall–Kier alpha value is -2.37. The molecule has 6 heteroatoms. The van der Waals surface area contributed by atoms with Crippen LogP contribution in [-0.4, -0.2) is 30.4 Å². The van der Waals surface area contributed by atoms with Crippen molar-refractivity contribution in [3.05, 3.63) is 29.8 Å². The van der Waals surface area contributed by atoms with E-state index < -0.39 is 5.97 Å². The molecule has 0 aliphatic heterocycles. The van der Waals surface area contributed by atoms with Gasteiger partial charge in [0, 0.05) is 18.7 Å². The smallest absolute Gasteiger partial charge is 0.338 e. The number of benzene rings is 1. The molecule has 130 valence electrons. The second kappa shape index (κ2) is 8.47. The Morgan fingerprint density at radius 1 is 1.08 bits per heavy atom. The van der Waals surface area contributed by atoms with Crippen LogP contribution in [0.5, 0.6) is 0 Å². The second-order valence-corrected chi connectivity index (χ2v) is 6.36. The average Bonchev–Trinajstić information content (AvgIpc) is 2.55. The largest absolute Gasteiger partial charge is 0.452 e. The molecule has 0 saturated heterocycles. The maximum atomic E-state index is 11.9. The van der Waals surface area contributed by atoms with Gasteiger partial charge in [0.15, 0.2) is 6.61 Å². The monoisotopic (exact) mass is 332 g/mol. The van der Waals surface area contributed by atoms with Crippen LogP contribution in [0.3, 0.4) is 0 Å². The molecule has 2 amide bonds. The van der Waals surface area contributed by atoms with Gasteiger partial charge in [-0.25, -0.2) is 4.79 Å². The summed E-state index contributed by atoms with van der Waals surface area (Å²) in [6.07, 6.45) is 4.19. The summed E-state index contributed by atoms with van der Waals surface area (Å²) in [5.74, 6) is -0.287. The van der Waals surface area contributed by atoms with Gasteiger partial charge >= 0.3 is 5.97 Å². The molecule has 1 aliphatic rings. The molecule has 1 aliphatic carbocycles. The van der Waals surface area contributed by atoms with Crippen LogP contribution in [0.25, 0.3) is 0 Å². The third-order valence-electron chi connectivity index (χ3n) is 4.16. The number of ether oxygens (including phenoxy) is 1. The summed E-state index contributed by atoms with van der Waals surface area (Å²) in [5.41, 5.74) is 0.937. The Kier molecular flexibility index (Phi) is 6.35. The maximum Gasteiger partial charge on any atom is 0.338 e. The molecular formula is C18H24N2O4. The van der Waals surface area contributed by atoms with Gasteiger partial charge in [0.1, 0.15) is 0 Å². The number of carbonyl (C=O) groups excluding carboxylic acids is 3. The number of esters is 1. The lowest BCUT2D eigenvalue weighted by Crippen LogP contribution is -2.39. The summed E-state index contributed by atoms with van der Waals surface area (Å²) in [7, 11) is 0. The van der Waals surface area contributed by atoms with Crippen LogP contribution in [0.15, 0.2) is 24.3 Å². The zero-order chi connectivity index (χ0) is 17.5. The van der Waals surface area contributed by atoms with Gasteiger partial charge in [0.2, 0.25) is 5.91 Å². The summed E-state index contributed by atoms with van der Waals surface area (Å²) >= 11 is 0. The fourth-order valence-electron chi connectivity index (χ4n) is 2.78. The molecule has 0 aromatic heterocycles. The minimum absolute atomic E-state index is 0.181. The molecule has 2 rings (SSSR count). The Balaban J connectivity index is 1.75. The molecule has 0 bridgehead atoms. The zero-order valence-electron chi connectivity index (χ0n) is 14.1. The lowest BCUT2D eigenvalue weighted by molar-refractivity contribution is -0.125. The van der Waals surface area contributed by atoms with Crippen molar-refractivity contribution < 1.29 is 19.1 Å². The van der Waals surface area contributed by atoms with E-state index >= 15 is 0 Å². The average molecular weight is 332 g/mol. The first-order chi connectivity index (χ1) is 11.4. The normalized spacial score (nSPS) is 20.1. The van der Waals surface area contributed by atoms with E-state index in [4.69, 9.17) is 4.74 Å². The standard InChI is InChI=1S/C18H24N2O4/c1-12-3-7-16(8-4-12)20-17(22)11-24-18(23)14-5-9-15(10-6-14)19-13(2)21/h5-6,9-10,12,16H,3-4,7-8,11H2,1-2H3,(H,19,21)(H,20,22). The third kappa shape index (κ3) is 5.68. The highest BCUT2D eigenvalue weighted by Crippen LogP contribution is 2.23. The third-order valence-corrected chi connectivity index (χ3v) is 4.16. The van der Waals surface area contributed by atoms with E-state index in [1.807, 2.05) is 0 Å². The molecule has 1 saturated carbocycles. The van der Waals surface area contributed by atoms with Crippen LogP contribution in [0.2, 0.25) is 0 Å². The molecule has 6 nitrogen and oxygen atoms in total. The topological polar surface area (TPSA) is 84.5 Å². The Morgan fingerprint density at radius 3 is 2.29 bits per heavy atom. The second-order valence-electron chi connectivity index (χ2n) is 6.36. The predicted molar refractivity (Wildman–Crippen MR) is 90.6 cm³/mol. The lowest BCUT2D eigenvalue weighted by atomic mass is 9.87. The minimum Gasteiger partial charge on any atom is -0.452 e. The molecule has 1 fully saturated rings. The van der Waals surface area contributed by atoms with Crippen molar-refractivity contribution in [2.24, 2.45) is 5.92 Å². The van der Waals surface area contributed by atoms with Gasteiger partial charge in [0.05, 0.1) is 5.56 Å². The lowest BCUT2D eigenvalue weighted by Gasteiger charge is -2.26. The summed E-state index contributed by atoms with van der Waals surface area (Å²) in [6.45, 7) is 3.35. The van der Waals surface area contributed by atoms with Crippen molar-refractivity contribution in [2.45, 2.75) is 45.6 Å². The van der Waals surface area contributed by atoms with Crippen molar-refractivity contribution in [3.63, 3.8) is 0 Å². The number of rotatable bonds is 5. The SMILES string of the molecule is CC(=O)Nc1ccc(C(=O)OCC(=O)NC2CCC(C)CC2)cc1. The maximum absolute atomic E-state index is 11.9. The van der Waals surface area contributed by atoms with Gasteiger partial charge in [-0.15, -0.1) is 0 Å². The van der Waals surface area contributed by atoms with Crippen LogP contribution < -0.4 is 10.6 Å². The van der Waals surface area contributed by atoms with E-state index in [0.717, 1.165) is 31.6 Å². The molecule has 24 heavy (non-hydrogen) atoms. The molecule has 0 radical (unpaired) electrons. The van der Waals surface area contributed by atoms with Gasteiger partial charge in [0.25, 0.3) is 5.91 Å². The first kappa shape index (κ1) is 18.0. The molecule has 0 spiro atoms. The Labute approximate surface area is 142 Å². The molecule has 0 unspecified atom stereocenters. The van der Waals surface area contributed by atoms with Gasteiger partial charge in [-0.3, -0.25) is 9.59 Å². The minimum atomic E-state index is -0.559. The van der Waals surface area contributed by atoms with Crippen LogP contribution >= 0.6 is 0 Å². The highest BCUT2D eigenvalue weighted by Gasteiger charge is 2.20. The van der Waals surface area contributed by atoms with Crippen molar-refractivity contribution in [1.29, 1.82) is 0 Å². The van der Waals surface area contributed by atoms with E-state index in [9.17, 15) is 14.4 Å². The predicted octanol–water partition coefficient (Wildman–Crippen LogP) is 2.50. The number of hydrogen-bond acceptors (Lipinski definition) is 4. The van der Waals surface area contributed by atoms with Crippen LogP contribution in [0, 0.1) is 5.92 Å². The number of hydrogen-bond donors (Lipinski definition) is 2. The summed E-state index contributed by atoms with van der Waals surface area (Å²) < 4.78 is 5.04. The first-order valence-electron chi connectivity index (χ1n) is 8.28. The van der Waals surface area contributed by atoms with E-state index in [1.165, 1.54) is 6.92 Å². The first-order valence-corrected chi connectivity index (χ1v) is 8.28. The van der Waals surface area contributed by atoms with Gasteiger partial charge in [-0.05, 0) is 55.9 Å².